The lowest BCUT2D eigenvalue weighted by molar-refractivity contribution is -0.149. The SMILES string of the molecule is COC(=O)C1C(c2ccc(F)cc2)CC2CC(O)C1N2. The molecule has 108 valence electrons. The normalized spacial score (nSPS) is 35.9. The summed E-state index contributed by atoms with van der Waals surface area (Å²) in [5.41, 5.74) is 0.924. The number of benzene rings is 1. The van der Waals surface area contributed by atoms with Crippen molar-refractivity contribution in [1.82, 2.24) is 5.32 Å². The Bertz CT molecular complexity index is 504. The Morgan fingerprint density at radius 1 is 1.35 bits per heavy atom. The summed E-state index contributed by atoms with van der Waals surface area (Å²) in [6.07, 6.45) is 0.865. The van der Waals surface area contributed by atoms with Gasteiger partial charge in [0.25, 0.3) is 0 Å². The number of halogens is 1. The molecule has 2 bridgehead atoms. The minimum absolute atomic E-state index is 0.0450. The monoisotopic (exact) mass is 279 g/mol. The summed E-state index contributed by atoms with van der Waals surface area (Å²) in [5, 5.41) is 13.4. The number of nitrogens with one attached hydrogen (secondary N) is 1. The fourth-order valence-corrected chi connectivity index (χ4v) is 3.60. The fourth-order valence-electron chi connectivity index (χ4n) is 3.60. The van der Waals surface area contributed by atoms with Crippen LogP contribution >= 0.6 is 0 Å². The molecule has 1 aromatic rings. The Hall–Kier alpha value is -1.46. The number of piperidine rings is 1. The predicted molar refractivity (Wildman–Crippen MR) is 70.6 cm³/mol. The van der Waals surface area contributed by atoms with Crippen LogP contribution in [0.5, 0.6) is 0 Å². The molecule has 0 saturated carbocycles. The third-order valence-corrected chi connectivity index (χ3v) is 4.50. The van der Waals surface area contributed by atoms with Crippen molar-refractivity contribution in [2.24, 2.45) is 5.92 Å². The standard InChI is InChI=1S/C15H18FNO3/c1-20-15(19)13-11(8-2-4-9(16)5-3-8)6-10-7-12(18)14(13)17-10/h2-5,10-14,17-18H,6-7H2,1H3. The van der Waals surface area contributed by atoms with E-state index in [0.29, 0.717) is 6.42 Å². The number of rotatable bonds is 2. The number of aliphatic hydroxyl groups excluding tert-OH is 1. The second-order valence-corrected chi connectivity index (χ2v) is 5.64. The van der Waals surface area contributed by atoms with Crippen molar-refractivity contribution in [3.05, 3.63) is 35.6 Å². The summed E-state index contributed by atoms with van der Waals surface area (Å²) >= 11 is 0. The first kappa shape index (κ1) is 13.5. The first-order valence-corrected chi connectivity index (χ1v) is 6.87. The summed E-state index contributed by atoms with van der Waals surface area (Å²) in [7, 11) is 1.36. The number of carbonyl (C=O) groups is 1. The van der Waals surface area contributed by atoms with Crippen LogP contribution in [0.2, 0.25) is 0 Å². The van der Waals surface area contributed by atoms with E-state index in [1.807, 2.05) is 0 Å². The summed E-state index contributed by atoms with van der Waals surface area (Å²) < 4.78 is 18.0. The van der Waals surface area contributed by atoms with E-state index in [1.54, 1.807) is 12.1 Å². The third kappa shape index (κ3) is 2.21. The first-order valence-electron chi connectivity index (χ1n) is 6.87. The number of fused-ring (bicyclic) bond motifs is 2. The number of carbonyl (C=O) groups excluding carboxylic acids is 1. The average Bonchev–Trinajstić information content (AvgIpc) is 2.74. The quantitative estimate of drug-likeness (QED) is 0.799. The smallest absolute Gasteiger partial charge is 0.310 e. The Kier molecular flexibility index (Phi) is 3.48. The molecule has 0 spiro atoms. The molecule has 2 N–H and O–H groups in total. The molecule has 0 radical (unpaired) electrons. The van der Waals surface area contributed by atoms with Crippen molar-refractivity contribution in [2.75, 3.05) is 7.11 Å². The molecule has 2 fully saturated rings. The van der Waals surface area contributed by atoms with Crippen molar-refractivity contribution < 1.29 is 19.0 Å². The molecule has 1 aromatic carbocycles. The van der Waals surface area contributed by atoms with E-state index in [-0.39, 0.29) is 29.8 Å². The zero-order valence-corrected chi connectivity index (χ0v) is 11.3. The van der Waals surface area contributed by atoms with Gasteiger partial charge in [-0.05, 0) is 30.5 Å². The van der Waals surface area contributed by atoms with Crippen LogP contribution in [-0.4, -0.2) is 36.4 Å². The van der Waals surface area contributed by atoms with Crippen LogP contribution in [0.3, 0.4) is 0 Å². The van der Waals surface area contributed by atoms with Crippen LogP contribution in [-0.2, 0) is 9.53 Å². The van der Waals surface area contributed by atoms with E-state index in [4.69, 9.17) is 4.74 Å². The molecule has 0 aromatic heterocycles. The predicted octanol–water partition coefficient (Wildman–Crippen LogP) is 1.19. The van der Waals surface area contributed by atoms with Crippen molar-refractivity contribution in [2.45, 2.75) is 36.9 Å². The van der Waals surface area contributed by atoms with E-state index in [1.165, 1.54) is 19.2 Å². The van der Waals surface area contributed by atoms with Gasteiger partial charge in [-0.15, -0.1) is 0 Å². The molecule has 5 atom stereocenters. The van der Waals surface area contributed by atoms with Gasteiger partial charge in [0.15, 0.2) is 0 Å². The Balaban J connectivity index is 1.95. The van der Waals surface area contributed by atoms with Gasteiger partial charge in [-0.1, -0.05) is 12.1 Å². The Morgan fingerprint density at radius 3 is 2.70 bits per heavy atom. The van der Waals surface area contributed by atoms with Crippen LogP contribution in [0.4, 0.5) is 4.39 Å². The number of hydrogen-bond acceptors (Lipinski definition) is 4. The minimum atomic E-state index is -0.533. The van der Waals surface area contributed by atoms with Gasteiger partial charge in [-0.25, -0.2) is 4.39 Å². The van der Waals surface area contributed by atoms with Gasteiger partial charge in [-0.3, -0.25) is 4.79 Å². The molecule has 3 rings (SSSR count). The summed E-state index contributed by atoms with van der Waals surface area (Å²) in [4.78, 5) is 12.1. The number of esters is 1. The molecule has 20 heavy (non-hydrogen) atoms. The highest BCUT2D eigenvalue weighted by atomic mass is 19.1. The third-order valence-electron chi connectivity index (χ3n) is 4.50. The van der Waals surface area contributed by atoms with Crippen LogP contribution in [0, 0.1) is 11.7 Å². The van der Waals surface area contributed by atoms with Crippen LogP contribution in [0.25, 0.3) is 0 Å². The lowest BCUT2D eigenvalue weighted by Crippen LogP contribution is -2.50. The van der Waals surface area contributed by atoms with Crippen molar-refractivity contribution in [3.63, 3.8) is 0 Å². The lowest BCUT2D eigenvalue weighted by atomic mass is 9.77. The molecule has 2 heterocycles. The van der Waals surface area contributed by atoms with E-state index >= 15 is 0 Å². The summed E-state index contributed by atoms with van der Waals surface area (Å²) in [6.45, 7) is 0. The van der Waals surface area contributed by atoms with E-state index in [9.17, 15) is 14.3 Å². The second kappa shape index (κ2) is 5.14. The van der Waals surface area contributed by atoms with Crippen molar-refractivity contribution >= 4 is 5.97 Å². The zero-order chi connectivity index (χ0) is 14.3. The number of methoxy groups -OCH3 is 1. The average molecular weight is 279 g/mol. The van der Waals surface area contributed by atoms with Crippen LogP contribution in [0.15, 0.2) is 24.3 Å². The highest BCUT2D eigenvalue weighted by Crippen LogP contribution is 2.42. The molecule has 5 unspecified atom stereocenters. The molecule has 5 heteroatoms. The maximum absolute atomic E-state index is 13.1. The molecular weight excluding hydrogens is 261 g/mol. The van der Waals surface area contributed by atoms with Gasteiger partial charge in [0.2, 0.25) is 0 Å². The van der Waals surface area contributed by atoms with Gasteiger partial charge in [0, 0.05) is 18.0 Å². The van der Waals surface area contributed by atoms with Crippen LogP contribution in [0.1, 0.15) is 24.3 Å². The van der Waals surface area contributed by atoms with Crippen molar-refractivity contribution in [1.29, 1.82) is 0 Å². The molecule has 0 amide bonds. The van der Waals surface area contributed by atoms with Crippen LogP contribution < -0.4 is 5.32 Å². The highest BCUT2D eigenvalue weighted by Gasteiger charge is 2.50. The number of aliphatic hydroxyl groups is 1. The maximum Gasteiger partial charge on any atom is 0.310 e. The first-order chi connectivity index (χ1) is 9.60. The molecule has 0 aliphatic carbocycles. The van der Waals surface area contributed by atoms with E-state index in [2.05, 4.69) is 5.32 Å². The molecule has 2 aliphatic rings. The summed E-state index contributed by atoms with van der Waals surface area (Å²) in [5.74, 6) is -1.09. The second-order valence-electron chi connectivity index (χ2n) is 5.64. The van der Waals surface area contributed by atoms with Gasteiger partial charge in [0.1, 0.15) is 5.82 Å². The van der Waals surface area contributed by atoms with Gasteiger partial charge >= 0.3 is 5.97 Å². The van der Waals surface area contributed by atoms with Crippen molar-refractivity contribution in [3.8, 4) is 0 Å². The summed E-state index contributed by atoms with van der Waals surface area (Å²) in [6, 6.07) is 6.16. The molecule has 4 nitrogen and oxygen atoms in total. The number of ether oxygens (including phenoxy) is 1. The maximum atomic E-state index is 13.1. The largest absolute Gasteiger partial charge is 0.469 e. The molecule has 2 aliphatic heterocycles. The van der Waals surface area contributed by atoms with Gasteiger partial charge < -0.3 is 15.2 Å². The zero-order valence-electron chi connectivity index (χ0n) is 11.3. The van der Waals surface area contributed by atoms with E-state index < -0.39 is 12.0 Å². The van der Waals surface area contributed by atoms with Gasteiger partial charge in [-0.2, -0.15) is 0 Å². The number of hydrogen-bond donors (Lipinski definition) is 2. The lowest BCUT2D eigenvalue weighted by Gasteiger charge is -2.36. The highest BCUT2D eigenvalue weighted by molar-refractivity contribution is 5.75. The fraction of sp³-hybridized carbons (Fsp3) is 0.533. The molecule has 2 saturated heterocycles. The minimum Gasteiger partial charge on any atom is -0.469 e. The topological polar surface area (TPSA) is 58.6 Å². The van der Waals surface area contributed by atoms with E-state index in [0.717, 1.165) is 12.0 Å². The van der Waals surface area contributed by atoms with Gasteiger partial charge in [0.05, 0.1) is 19.1 Å². The molecular formula is C15H18FNO3. The Morgan fingerprint density at radius 2 is 2.05 bits per heavy atom. The Labute approximate surface area is 116 Å².